The number of carbonyl (C=O) groups is 3. The second-order valence-electron chi connectivity index (χ2n) is 6.60. The van der Waals surface area contributed by atoms with Gasteiger partial charge in [0.2, 0.25) is 0 Å². The molecule has 1 aliphatic rings. The van der Waals surface area contributed by atoms with Gasteiger partial charge in [0, 0.05) is 5.02 Å². The lowest BCUT2D eigenvalue weighted by atomic mass is 10.2. The Morgan fingerprint density at radius 3 is 2.50 bits per heavy atom. The van der Waals surface area contributed by atoms with Gasteiger partial charge in [-0.05, 0) is 82.7 Å². The number of hydrogen-bond acceptors (Lipinski definition) is 9. The maximum Gasteiger partial charge on any atom is 0.339 e. The van der Waals surface area contributed by atoms with Crippen LogP contribution >= 0.6 is 39.3 Å². The third-order valence-corrected chi connectivity index (χ3v) is 7.30. The van der Waals surface area contributed by atoms with Crippen LogP contribution in [0.3, 0.4) is 0 Å². The molecule has 0 aliphatic carbocycles. The van der Waals surface area contributed by atoms with E-state index >= 15 is 0 Å². The monoisotopic (exact) mass is 589 g/mol. The van der Waals surface area contributed by atoms with E-state index in [0.29, 0.717) is 22.3 Å². The molecule has 0 radical (unpaired) electrons. The van der Waals surface area contributed by atoms with Gasteiger partial charge in [0.25, 0.3) is 11.1 Å². The number of amides is 2. The van der Waals surface area contributed by atoms with Crippen LogP contribution in [-0.2, 0) is 24.4 Å². The van der Waals surface area contributed by atoms with Crippen molar-refractivity contribution >= 4 is 72.6 Å². The van der Waals surface area contributed by atoms with E-state index in [9.17, 15) is 22.8 Å². The Balaban J connectivity index is 1.88. The molecule has 1 saturated heterocycles. The predicted octanol–water partition coefficient (Wildman–Crippen LogP) is 4.48. The molecule has 2 aromatic rings. The first-order chi connectivity index (χ1) is 16.1. The topological polar surface area (TPSA) is 116 Å². The zero-order valence-electron chi connectivity index (χ0n) is 17.7. The molecule has 2 amide bonds. The molecule has 0 bridgehead atoms. The molecule has 0 atom stereocenters. The van der Waals surface area contributed by atoms with Crippen molar-refractivity contribution in [1.82, 2.24) is 4.90 Å². The van der Waals surface area contributed by atoms with Gasteiger partial charge in [-0.25, -0.2) is 0 Å². The summed E-state index contributed by atoms with van der Waals surface area (Å²) in [5.41, 5.74) is 0.418. The van der Waals surface area contributed by atoms with E-state index in [1.165, 1.54) is 49.6 Å². The molecule has 9 nitrogen and oxygen atoms in total. The number of benzene rings is 2. The first-order valence-electron chi connectivity index (χ1n) is 9.54. The van der Waals surface area contributed by atoms with Crippen molar-refractivity contribution in [3.8, 4) is 11.5 Å². The minimum absolute atomic E-state index is 0.0592. The summed E-state index contributed by atoms with van der Waals surface area (Å²) in [5, 5.41) is -0.238. The van der Waals surface area contributed by atoms with Gasteiger partial charge in [-0.1, -0.05) is 11.6 Å². The van der Waals surface area contributed by atoms with Crippen LogP contribution < -0.4 is 8.92 Å². The van der Waals surface area contributed by atoms with Crippen molar-refractivity contribution in [2.24, 2.45) is 0 Å². The van der Waals surface area contributed by atoms with Crippen molar-refractivity contribution in [3.63, 3.8) is 0 Å². The number of imide groups is 1. The van der Waals surface area contributed by atoms with Crippen LogP contribution in [0.5, 0.6) is 11.5 Å². The summed E-state index contributed by atoms with van der Waals surface area (Å²) in [6.45, 7) is 1.25. The fourth-order valence-corrected chi connectivity index (χ4v) is 5.36. The Morgan fingerprint density at radius 1 is 1.21 bits per heavy atom. The Morgan fingerprint density at radius 2 is 1.88 bits per heavy atom. The summed E-state index contributed by atoms with van der Waals surface area (Å²) in [5.74, 6) is -1.39. The van der Waals surface area contributed by atoms with Crippen molar-refractivity contribution in [2.45, 2.75) is 11.8 Å². The standard InChI is InChI=1S/C21H17BrClNO8S2/c1-3-31-18(25)11-24-20(26)17(33-21(24)27)10-12-8-15(22)19(16(9-12)30-2)32-34(28,29)14-6-4-13(23)5-7-14/h4-10H,3,11H2,1-2H3/b17-10-. The summed E-state index contributed by atoms with van der Waals surface area (Å²) in [7, 11) is -2.88. The summed E-state index contributed by atoms with van der Waals surface area (Å²) in [6, 6.07) is 8.38. The van der Waals surface area contributed by atoms with E-state index in [0.717, 1.165) is 4.90 Å². The van der Waals surface area contributed by atoms with E-state index in [2.05, 4.69) is 15.9 Å². The number of carbonyl (C=O) groups excluding carboxylic acids is 3. The molecule has 0 N–H and O–H groups in total. The third-order valence-electron chi connectivity index (χ3n) is 4.31. The van der Waals surface area contributed by atoms with Gasteiger partial charge in [-0.3, -0.25) is 19.3 Å². The smallest absolute Gasteiger partial charge is 0.339 e. The Labute approximate surface area is 213 Å². The lowest BCUT2D eigenvalue weighted by Gasteiger charge is -2.14. The molecule has 0 aromatic heterocycles. The number of halogens is 2. The fraction of sp³-hybridized carbons (Fsp3) is 0.190. The summed E-state index contributed by atoms with van der Waals surface area (Å²) in [4.78, 5) is 37.2. The number of thioether (sulfide) groups is 1. The largest absolute Gasteiger partial charge is 0.493 e. The van der Waals surface area contributed by atoms with Gasteiger partial charge < -0.3 is 13.7 Å². The van der Waals surface area contributed by atoms with Crippen molar-refractivity contribution < 1.29 is 36.5 Å². The molecule has 1 fully saturated rings. The highest BCUT2D eigenvalue weighted by Gasteiger charge is 2.36. The molecule has 1 aliphatic heterocycles. The van der Waals surface area contributed by atoms with Crippen LogP contribution in [0.15, 0.2) is 50.7 Å². The van der Waals surface area contributed by atoms with Crippen molar-refractivity contribution in [2.75, 3.05) is 20.3 Å². The lowest BCUT2D eigenvalue weighted by Crippen LogP contribution is -2.34. The van der Waals surface area contributed by atoms with Crippen molar-refractivity contribution in [3.05, 3.63) is 56.4 Å². The zero-order valence-corrected chi connectivity index (χ0v) is 21.7. The number of rotatable bonds is 8. The second kappa shape index (κ2) is 10.8. The number of nitrogens with zero attached hydrogens (tertiary/aromatic N) is 1. The average Bonchev–Trinajstić information content (AvgIpc) is 3.03. The Bertz CT molecular complexity index is 1280. The predicted molar refractivity (Wildman–Crippen MR) is 129 cm³/mol. The van der Waals surface area contributed by atoms with Crippen molar-refractivity contribution in [1.29, 1.82) is 0 Å². The van der Waals surface area contributed by atoms with E-state index in [4.69, 9.17) is 25.3 Å². The average molecular weight is 591 g/mol. The van der Waals surface area contributed by atoms with Crippen LogP contribution in [0.2, 0.25) is 5.02 Å². The van der Waals surface area contributed by atoms with Crippen LogP contribution in [0.1, 0.15) is 12.5 Å². The van der Waals surface area contributed by atoms with Gasteiger partial charge >= 0.3 is 16.1 Å². The van der Waals surface area contributed by atoms with Gasteiger partial charge in [0.15, 0.2) is 11.5 Å². The maximum absolute atomic E-state index is 12.7. The first-order valence-corrected chi connectivity index (χ1v) is 12.9. The van der Waals surface area contributed by atoms with Crippen LogP contribution in [-0.4, -0.2) is 50.7 Å². The minimum Gasteiger partial charge on any atom is -0.493 e. The molecule has 13 heteroatoms. The molecule has 180 valence electrons. The van der Waals surface area contributed by atoms with Crippen LogP contribution in [0.4, 0.5) is 4.79 Å². The Hall–Kier alpha value is -2.54. The number of hydrogen-bond donors (Lipinski definition) is 0. The molecule has 0 unspecified atom stereocenters. The van der Waals surface area contributed by atoms with E-state index in [-0.39, 0.29) is 32.4 Å². The van der Waals surface area contributed by atoms with E-state index < -0.39 is 33.8 Å². The summed E-state index contributed by atoms with van der Waals surface area (Å²) in [6.07, 6.45) is 1.42. The molecule has 34 heavy (non-hydrogen) atoms. The van der Waals surface area contributed by atoms with Gasteiger partial charge in [-0.2, -0.15) is 8.42 Å². The number of esters is 1. The molecule has 2 aromatic carbocycles. The van der Waals surface area contributed by atoms with Gasteiger partial charge in [0.1, 0.15) is 11.4 Å². The van der Waals surface area contributed by atoms with Crippen LogP contribution in [0, 0.1) is 0 Å². The van der Waals surface area contributed by atoms with E-state index in [1.54, 1.807) is 6.92 Å². The normalized spacial score (nSPS) is 15.1. The highest BCUT2D eigenvalue weighted by Crippen LogP contribution is 2.40. The van der Waals surface area contributed by atoms with Crippen LogP contribution in [0.25, 0.3) is 6.08 Å². The number of methoxy groups -OCH3 is 1. The molecular weight excluding hydrogens is 574 g/mol. The highest BCUT2D eigenvalue weighted by molar-refractivity contribution is 9.10. The molecule has 0 saturated carbocycles. The summed E-state index contributed by atoms with van der Waals surface area (Å²) < 4.78 is 40.9. The minimum atomic E-state index is -4.20. The second-order valence-corrected chi connectivity index (χ2v) is 10.4. The Kier molecular flexibility index (Phi) is 8.29. The molecule has 3 rings (SSSR count). The molecular formula is C21H17BrClNO8S2. The SMILES string of the molecule is CCOC(=O)CN1C(=O)S/C(=C\c2cc(Br)c(OS(=O)(=O)c3ccc(Cl)cc3)c(OC)c2)C1=O. The third kappa shape index (κ3) is 5.93. The van der Waals surface area contributed by atoms with E-state index in [1.807, 2.05) is 0 Å². The molecule has 1 heterocycles. The fourth-order valence-electron chi connectivity index (χ4n) is 2.79. The highest BCUT2D eigenvalue weighted by atomic mass is 79.9. The van der Waals surface area contributed by atoms with Gasteiger partial charge in [0.05, 0.1) is 23.1 Å². The number of ether oxygens (including phenoxy) is 2. The maximum atomic E-state index is 12.7. The first kappa shape index (κ1) is 26.1. The van der Waals surface area contributed by atoms with Gasteiger partial charge in [-0.15, -0.1) is 0 Å². The summed E-state index contributed by atoms with van der Waals surface area (Å²) >= 11 is 9.74. The lowest BCUT2D eigenvalue weighted by molar-refractivity contribution is -0.145. The zero-order chi connectivity index (χ0) is 25.0. The molecule has 0 spiro atoms. The quantitative estimate of drug-likeness (QED) is 0.249.